The number of amides is 1. The molecule has 21 heavy (non-hydrogen) atoms. The van der Waals surface area contributed by atoms with Crippen molar-refractivity contribution in [1.29, 1.82) is 0 Å². The first-order chi connectivity index (χ1) is 10.0. The Bertz CT molecular complexity index is 522. The number of rotatable bonds is 4. The van der Waals surface area contributed by atoms with Crippen LogP contribution in [0.25, 0.3) is 0 Å². The third-order valence-corrected chi connectivity index (χ3v) is 7.73. The van der Waals surface area contributed by atoms with Gasteiger partial charge in [-0.15, -0.1) is 0 Å². The van der Waals surface area contributed by atoms with Crippen molar-refractivity contribution in [2.45, 2.75) is 25.7 Å². The number of benzene rings is 1. The topological polar surface area (TPSA) is 49.3 Å². The van der Waals surface area contributed by atoms with Gasteiger partial charge in [0.1, 0.15) is 0 Å². The number of nitrogens with one attached hydrogen (secondary N) is 1. The third-order valence-electron chi connectivity index (χ3n) is 4.06. The molecule has 1 fully saturated rings. The van der Waals surface area contributed by atoms with Crippen LogP contribution in [0, 0.1) is 22.5 Å². The molecule has 0 radical (unpaired) electrons. The molecule has 2 atom stereocenters. The van der Waals surface area contributed by atoms with Gasteiger partial charge < -0.3 is 10.4 Å². The molecule has 1 aromatic rings. The van der Waals surface area contributed by atoms with E-state index >= 15 is 0 Å². The van der Waals surface area contributed by atoms with E-state index in [0.29, 0.717) is 18.4 Å². The van der Waals surface area contributed by atoms with Crippen molar-refractivity contribution in [2.75, 3.05) is 13.2 Å². The fourth-order valence-corrected chi connectivity index (χ4v) is 5.23. The summed E-state index contributed by atoms with van der Waals surface area (Å²) in [6.07, 6.45) is 4.58. The Labute approximate surface area is 166 Å². The van der Waals surface area contributed by atoms with Crippen molar-refractivity contribution in [3.05, 3.63) is 28.4 Å². The van der Waals surface area contributed by atoms with Crippen LogP contribution in [0.15, 0.2) is 12.1 Å². The average molecular weight is 625 g/mol. The van der Waals surface area contributed by atoms with Crippen LogP contribution >= 0.6 is 67.8 Å². The number of carbonyl (C=O) groups excluding carboxylic acids is 1. The van der Waals surface area contributed by atoms with E-state index in [4.69, 9.17) is 0 Å². The molecule has 1 saturated carbocycles. The minimum atomic E-state index is -0.00176. The minimum Gasteiger partial charge on any atom is -0.396 e. The summed E-state index contributed by atoms with van der Waals surface area (Å²) in [5, 5.41) is 12.5. The van der Waals surface area contributed by atoms with Crippen molar-refractivity contribution in [2.24, 2.45) is 11.8 Å². The molecule has 1 aliphatic rings. The van der Waals surface area contributed by atoms with Gasteiger partial charge in [-0.25, -0.2) is 0 Å². The molecule has 1 amide bonds. The van der Waals surface area contributed by atoms with Crippen molar-refractivity contribution in [3.8, 4) is 0 Å². The molecular weight excluding hydrogens is 607 g/mol. The van der Waals surface area contributed by atoms with Crippen molar-refractivity contribution in [1.82, 2.24) is 5.32 Å². The van der Waals surface area contributed by atoms with E-state index < -0.39 is 0 Å². The lowest BCUT2D eigenvalue weighted by molar-refractivity contribution is 0.0908. The first-order valence-corrected chi connectivity index (χ1v) is 10.3. The van der Waals surface area contributed by atoms with Gasteiger partial charge >= 0.3 is 0 Å². The highest BCUT2D eigenvalue weighted by atomic mass is 127. The molecule has 6 heteroatoms. The Morgan fingerprint density at radius 3 is 2.52 bits per heavy atom. The van der Waals surface area contributed by atoms with Gasteiger partial charge in [0.25, 0.3) is 5.91 Å². The van der Waals surface area contributed by atoms with E-state index in [1.807, 2.05) is 6.07 Å². The van der Waals surface area contributed by atoms with E-state index in [-0.39, 0.29) is 12.5 Å². The fraction of sp³-hybridized carbons (Fsp3) is 0.533. The van der Waals surface area contributed by atoms with E-state index in [1.54, 1.807) is 0 Å². The molecule has 2 rings (SSSR count). The monoisotopic (exact) mass is 625 g/mol. The van der Waals surface area contributed by atoms with Crippen LogP contribution in [-0.2, 0) is 0 Å². The summed E-state index contributed by atoms with van der Waals surface area (Å²) in [4.78, 5) is 12.4. The maximum atomic E-state index is 12.4. The Hall–Kier alpha value is 0.840. The van der Waals surface area contributed by atoms with Gasteiger partial charge in [0.05, 0.1) is 5.56 Å². The summed E-state index contributed by atoms with van der Waals surface area (Å²) < 4.78 is 3.19. The van der Waals surface area contributed by atoms with Crippen molar-refractivity contribution >= 4 is 73.7 Å². The highest BCUT2D eigenvalue weighted by molar-refractivity contribution is 14.1. The predicted octanol–water partition coefficient (Wildman–Crippen LogP) is 4.03. The number of carbonyl (C=O) groups is 1. The number of hydrogen-bond donors (Lipinski definition) is 2. The number of aliphatic hydroxyl groups is 1. The number of halogens is 3. The lowest BCUT2D eigenvalue weighted by Gasteiger charge is -2.30. The van der Waals surface area contributed by atoms with Crippen LogP contribution < -0.4 is 5.32 Å². The maximum Gasteiger partial charge on any atom is 0.252 e. The summed E-state index contributed by atoms with van der Waals surface area (Å²) in [6.45, 7) is 0.904. The lowest BCUT2D eigenvalue weighted by atomic mass is 9.79. The van der Waals surface area contributed by atoms with Crippen LogP contribution in [0.1, 0.15) is 36.0 Å². The molecule has 1 aromatic carbocycles. The van der Waals surface area contributed by atoms with Gasteiger partial charge in [-0.3, -0.25) is 4.79 Å². The van der Waals surface area contributed by atoms with Crippen LogP contribution in [0.2, 0.25) is 0 Å². The molecule has 0 aromatic heterocycles. The standard InChI is InChI=1S/C15H18I3NO2/c16-11-5-12(14(18)13(17)6-11)15(21)19-7-9-3-1-2-4-10(9)8-20/h5-6,9-10,20H,1-4,7-8H2,(H,19,21). The average Bonchev–Trinajstić information content (AvgIpc) is 2.48. The van der Waals surface area contributed by atoms with Crippen LogP contribution in [-0.4, -0.2) is 24.2 Å². The zero-order valence-electron chi connectivity index (χ0n) is 11.5. The molecule has 1 aliphatic carbocycles. The molecule has 0 spiro atoms. The van der Waals surface area contributed by atoms with Crippen LogP contribution in [0.3, 0.4) is 0 Å². The summed E-state index contributed by atoms with van der Waals surface area (Å²) >= 11 is 6.74. The molecule has 0 heterocycles. The largest absolute Gasteiger partial charge is 0.396 e. The highest BCUT2D eigenvalue weighted by Crippen LogP contribution is 2.29. The van der Waals surface area contributed by atoms with Gasteiger partial charge in [0.2, 0.25) is 0 Å². The summed E-state index contributed by atoms with van der Waals surface area (Å²) in [5.74, 6) is 0.750. The molecule has 0 aliphatic heterocycles. The van der Waals surface area contributed by atoms with E-state index in [9.17, 15) is 9.90 Å². The van der Waals surface area contributed by atoms with E-state index in [2.05, 4.69) is 79.2 Å². The van der Waals surface area contributed by atoms with E-state index in [0.717, 1.165) is 29.1 Å². The summed E-state index contributed by atoms with van der Waals surface area (Å²) in [6, 6.07) is 4.01. The first-order valence-electron chi connectivity index (χ1n) is 7.06. The molecule has 2 unspecified atom stereocenters. The minimum absolute atomic E-state index is 0.00176. The normalized spacial score (nSPS) is 22.1. The third kappa shape index (κ3) is 4.90. The van der Waals surface area contributed by atoms with Gasteiger partial charge in [-0.1, -0.05) is 12.8 Å². The van der Waals surface area contributed by atoms with Crippen molar-refractivity contribution < 1.29 is 9.90 Å². The summed E-state index contributed by atoms with van der Waals surface area (Å²) in [5.41, 5.74) is 0.753. The maximum absolute atomic E-state index is 12.4. The number of hydrogen-bond acceptors (Lipinski definition) is 2. The molecule has 0 saturated heterocycles. The van der Waals surface area contributed by atoms with Crippen molar-refractivity contribution in [3.63, 3.8) is 0 Å². The second kappa shape index (κ2) is 8.62. The fourth-order valence-electron chi connectivity index (χ4n) is 2.83. The molecular formula is C15H18I3NO2. The van der Waals surface area contributed by atoms with Gasteiger partial charge in [-0.05, 0) is 105 Å². The van der Waals surface area contributed by atoms with Gasteiger partial charge in [-0.2, -0.15) is 0 Å². The zero-order valence-corrected chi connectivity index (χ0v) is 18.0. The SMILES string of the molecule is O=C(NCC1CCCCC1CO)c1cc(I)cc(I)c1I. The number of aliphatic hydroxyl groups excluding tert-OH is 1. The molecule has 2 N–H and O–H groups in total. The Kier molecular flexibility index (Phi) is 7.47. The summed E-state index contributed by atoms with van der Waals surface area (Å²) in [7, 11) is 0. The highest BCUT2D eigenvalue weighted by Gasteiger charge is 2.25. The second-order valence-corrected chi connectivity index (χ2v) is 8.93. The Balaban J connectivity index is 2.01. The first kappa shape index (κ1) is 18.2. The Morgan fingerprint density at radius 2 is 1.86 bits per heavy atom. The second-order valence-electron chi connectivity index (χ2n) is 5.45. The molecule has 116 valence electrons. The lowest BCUT2D eigenvalue weighted by Crippen LogP contribution is -2.35. The van der Waals surface area contributed by atoms with E-state index in [1.165, 1.54) is 12.8 Å². The zero-order chi connectivity index (χ0) is 15.4. The Morgan fingerprint density at radius 1 is 1.19 bits per heavy atom. The van der Waals surface area contributed by atoms with Gasteiger partial charge in [0, 0.05) is 23.9 Å². The quantitative estimate of drug-likeness (QED) is 0.393. The van der Waals surface area contributed by atoms with Crippen LogP contribution in [0.5, 0.6) is 0 Å². The predicted molar refractivity (Wildman–Crippen MR) is 109 cm³/mol. The van der Waals surface area contributed by atoms with Crippen LogP contribution in [0.4, 0.5) is 0 Å². The molecule has 0 bridgehead atoms. The smallest absolute Gasteiger partial charge is 0.252 e. The van der Waals surface area contributed by atoms with Gasteiger partial charge in [0.15, 0.2) is 0 Å². The molecule has 3 nitrogen and oxygen atoms in total.